The molecule has 2 N–H and O–H groups in total. The lowest BCUT2D eigenvalue weighted by molar-refractivity contribution is -0.131. The highest BCUT2D eigenvalue weighted by molar-refractivity contribution is 7.87. The molecule has 4 nitrogen and oxygen atoms in total. The summed E-state index contributed by atoms with van der Waals surface area (Å²) in [6.07, 6.45) is 4.35. The van der Waals surface area contributed by atoms with E-state index in [2.05, 4.69) is 0 Å². The maximum atomic E-state index is 13.3. The standard InChI is InChI=1S/C19H27NO3S/c1-14(2)10-12-19(18(21)20-22,13-11-15(3)4)24(23)17-8-6-16(5)7-9-17/h6-11,22H,12-13H2,1-5H3,(H,20,21). The van der Waals surface area contributed by atoms with Gasteiger partial charge in [-0.25, -0.2) is 5.48 Å². The third kappa shape index (κ3) is 5.14. The number of allylic oxidation sites excluding steroid dienone is 4. The average molecular weight is 349 g/mol. The molecular formula is C19H27NO3S. The van der Waals surface area contributed by atoms with E-state index in [1.807, 2.05) is 58.9 Å². The van der Waals surface area contributed by atoms with Gasteiger partial charge in [0.05, 0.1) is 10.8 Å². The van der Waals surface area contributed by atoms with Crippen molar-refractivity contribution in [3.8, 4) is 0 Å². The number of nitrogens with one attached hydrogen (secondary N) is 1. The van der Waals surface area contributed by atoms with Crippen molar-refractivity contribution in [1.82, 2.24) is 5.48 Å². The maximum Gasteiger partial charge on any atom is 0.263 e. The number of hydroxylamine groups is 1. The minimum atomic E-state index is -1.61. The molecule has 0 aliphatic rings. The molecule has 1 aromatic carbocycles. The Morgan fingerprint density at radius 2 is 1.54 bits per heavy atom. The quantitative estimate of drug-likeness (QED) is 0.443. The zero-order valence-electron chi connectivity index (χ0n) is 15.1. The third-order valence-electron chi connectivity index (χ3n) is 3.79. The fourth-order valence-corrected chi connectivity index (χ4v) is 3.75. The van der Waals surface area contributed by atoms with Crippen molar-refractivity contribution in [2.45, 2.75) is 57.1 Å². The molecule has 1 aromatic rings. The third-order valence-corrected chi connectivity index (χ3v) is 5.71. The van der Waals surface area contributed by atoms with Crippen LogP contribution in [0.5, 0.6) is 0 Å². The van der Waals surface area contributed by atoms with Gasteiger partial charge in [0.15, 0.2) is 0 Å². The predicted molar refractivity (Wildman–Crippen MR) is 98.3 cm³/mol. The smallest absolute Gasteiger partial charge is 0.263 e. The molecule has 0 fully saturated rings. The normalized spacial score (nSPS) is 12.2. The summed E-state index contributed by atoms with van der Waals surface area (Å²) in [5.41, 5.74) is 4.84. The number of carbonyl (C=O) groups excluding carboxylic acids is 1. The first kappa shape index (κ1) is 20.3. The Labute approximate surface area is 147 Å². The Morgan fingerprint density at radius 3 is 1.92 bits per heavy atom. The van der Waals surface area contributed by atoms with E-state index in [4.69, 9.17) is 0 Å². The molecular weight excluding hydrogens is 322 g/mol. The molecule has 1 atom stereocenters. The summed E-state index contributed by atoms with van der Waals surface area (Å²) in [5.74, 6) is -0.628. The first-order valence-electron chi connectivity index (χ1n) is 7.92. The number of hydrogen-bond acceptors (Lipinski definition) is 3. The first-order chi connectivity index (χ1) is 11.2. The molecule has 0 radical (unpaired) electrons. The molecule has 0 aliphatic heterocycles. The van der Waals surface area contributed by atoms with Crippen LogP contribution in [0.25, 0.3) is 0 Å². The average Bonchev–Trinajstić information content (AvgIpc) is 2.54. The molecule has 0 bridgehead atoms. The molecule has 0 heterocycles. The van der Waals surface area contributed by atoms with Crippen molar-refractivity contribution in [2.24, 2.45) is 0 Å². The lowest BCUT2D eigenvalue weighted by atomic mass is 9.96. The number of aryl methyl sites for hydroxylation is 1. The Bertz CT molecular complexity index is 632. The van der Waals surface area contributed by atoms with Gasteiger partial charge in [-0.15, -0.1) is 0 Å². The predicted octanol–water partition coefficient (Wildman–Crippen LogP) is 4.06. The second kappa shape index (κ2) is 8.94. The van der Waals surface area contributed by atoms with Gasteiger partial charge in [0.1, 0.15) is 4.75 Å². The molecule has 5 heteroatoms. The highest BCUT2D eigenvalue weighted by Crippen LogP contribution is 2.31. The van der Waals surface area contributed by atoms with Gasteiger partial charge in [-0.1, -0.05) is 41.0 Å². The lowest BCUT2D eigenvalue weighted by Gasteiger charge is -2.29. The summed E-state index contributed by atoms with van der Waals surface area (Å²) in [7, 11) is -1.61. The number of hydrogen-bond donors (Lipinski definition) is 2. The minimum absolute atomic E-state index is 0.284. The van der Waals surface area contributed by atoms with E-state index < -0.39 is 21.5 Å². The SMILES string of the molecule is CC(C)=CCC(CC=C(C)C)(C(=O)NO)S(=O)c1ccc(C)cc1. The van der Waals surface area contributed by atoms with Crippen LogP contribution in [0.1, 0.15) is 46.1 Å². The van der Waals surface area contributed by atoms with E-state index >= 15 is 0 Å². The Kier molecular flexibility index (Phi) is 7.58. The van der Waals surface area contributed by atoms with Gasteiger partial charge in [-0.05, 0) is 59.6 Å². The summed E-state index contributed by atoms with van der Waals surface area (Å²) in [4.78, 5) is 13.1. The molecule has 0 saturated heterocycles. The zero-order chi connectivity index (χ0) is 18.3. The molecule has 0 aromatic heterocycles. The van der Waals surface area contributed by atoms with E-state index in [1.54, 1.807) is 17.6 Å². The van der Waals surface area contributed by atoms with Crippen LogP contribution in [0.15, 0.2) is 52.5 Å². The molecule has 24 heavy (non-hydrogen) atoms. The van der Waals surface area contributed by atoms with E-state index in [9.17, 15) is 14.2 Å². The molecule has 1 rings (SSSR count). The summed E-state index contributed by atoms with van der Waals surface area (Å²) >= 11 is 0. The molecule has 0 spiro atoms. The highest BCUT2D eigenvalue weighted by Gasteiger charge is 2.43. The van der Waals surface area contributed by atoms with E-state index in [1.165, 1.54) is 0 Å². The van der Waals surface area contributed by atoms with Crippen LogP contribution in [0.3, 0.4) is 0 Å². The van der Waals surface area contributed by atoms with Crippen LogP contribution >= 0.6 is 0 Å². The van der Waals surface area contributed by atoms with E-state index in [0.717, 1.165) is 16.7 Å². The van der Waals surface area contributed by atoms with Crippen LogP contribution in [0, 0.1) is 6.92 Å². The van der Waals surface area contributed by atoms with Crippen molar-refractivity contribution < 1.29 is 14.2 Å². The van der Waals surface area contributed by atoms with Gasteiger partial charge in [-0.2, -0.15) is 0 Å². The summed E-state index contributed by atoms with van der Waals surface area (Å²) in [6.45, 7) is 9.66. The first-order valence-corrected chi connectivity index (χ1v) is 9.07. The fourth-order valence-electron chi connectivity index (χ4n) is 2.23. The van der Waals surface area contributed by atoms with E-state index in [-0.39, 0.29) is 12.8 Å². The molecule has 132 valence electrons. The second-order valence-corrected chi connectivity index (χ2v) is 8.28. The molecule has 0 saturated carbocycles. The van der Waals surface area contributed by atoms with Gasteiger partial charge < -0.3 is 0 Å². The summed E-state index contributed by atoms with van der Waals surface area (Å²) in [5, 5.41) is 9.27. The van der Waals surface area contributed by atoms with E-state index in [0.29, 0.717) is 4.90 Å². The van der Waals surface area contributed by atoms with Crippen LogP contribution < -0.4 is 5.48 Å². The van der Waals surface area contributed by atoms with Gasteiger partial charge in [0, 0.05) is 4.90 Å². The van der Waals surface area contributed by atoms with Gasteiger partial charge >= 0.3 is 0 Å². The minimum Gasteiger partial charge on any atom is -0.289 e. The number of amides is 1. The fraction of sp³-hybridized carbons (Fsp3) is 0.421. The van der Waals surface area contributed by atoms with Gasteiger partial charge in [0.25, 0.3) is 5.91 Å². The van der Waals surface area contributed by atoms with Crippen LogP contribution in [-0.2, 0) is 15.6 Å². The zero-order valence-corrected chi connectivity index (χ0v) is 15.9. The van der Waals surface area contributed by atoms with Gasteiger partial charge in [0.2, 0.25) is 0 Å². The van der Waals surface area contributed by atoms with Gasteiger partial charge in [-0.3, -0.25) is 14.2 Å². The van der Waals surface area contributed by atoms with Crippen LogP contribution in [0.2, 0.25) is 0 Å². The van der Waals surface area contributed by atoms with Crippen molar-refractivity contribution in [2.75, 3.05) is 0 Å². The number of rotatable bonds is 7. The summed E-state index contributed by atoms with van der Waals surface area (Å²) in [6, 6.07) is 7.29. The Hall–Kier alpha value is -1.72. The molecule has 1 amide bonds. The Morgan fingerprint density at radius 1 is 1.08 bits per heavy atom. The Balaban J connectivity index is 3.43. The van der Waals surface area contributed by atoms with Crippen molar-refractivity contribution in [3.05, 3.63) is 53.1 Å². The monoisotopic (exact) mass is 349 g/mol. The van der Waals surface area contributed by atoms with Crippen LogP contribution in [-0.4, -0.2) is 20.1 Å². The van der Waals surface area contributed by atoms with Crippen molar-refractivity contribution >= 4 is 16.7 Å². The largest absolute Gasteiger partial charge is 0.289 e. The lowest BCUT2D eigenvalue weighted by Crippen LogP contribution is -2.48. The maximum absolute atomic E-state index is 13.3. The number of carbonyl (C=O) groups is 1. The molecule has 1 unspecified atom stereocenters. The second-order valence-electron chi connectivity index (χ2n) is 6.49. The molecule has 0 aliphatic carbocycles. The highest BCUT2D eigenvalue weighted by atomic mass is 32.2. The van der Waals surface area contributed by atoms with Crippen molar-refractivity contribution in [3.63, 3.8) is 0 Å². The number of benzene rings is 1. The summed E-state index contributed by atoms with van der Waals surface area (Å²) < 4.78 is 12.0. The van der Waals surface area contributed by atoms with Crippen molar-refractivity contribution in [1.29, 1.82) is 0 Å². The van der Waals surface area contributed by atoms with Crippen LogP contribution in [0.4, 0.5) is 0 Å². The topological polar surface area (TPSA) is 66.4 Å².